The summed E-state index contributed by atoms with van der Waals surface area (Å²) in [5.74, 6) is 1.30. The van der Waals surface area contributed by atoms with E-state index in [0.717, 1.165) is 30.8 Å². The summed E-state index contributed by atoms with van der Waals surface area (Å²) in [5.41, 5.74) is 3.49. The van der Waals surface area contributed by atoms with E-state index < -0.39 is 0 Å². The van der Waals surface area contributed by atoms with E-state index in [0.29, 0.717) is 11.3 Å². The number of nitrogens with one attached hydrogen (secondary N) is 2. The third kappa shape index (κ3) is 6.02. The summed E-state index contributed by atoms with van der Waals surface area (Å²) in [6.07, 6.45) is 1.85. The number of hydrogen-bond donors (Lipinski definition) is 2. The van der Waals surface area contributed by atoms with Gasteiger partial charge in [-0.2, -0.15) is 11.8 Å². The van der Waals surface area contributed by atoms with E-state index in [1.54, 1.807) is 0 Å². The minimum atomic E-state index is 0. The van der Waals surface area contributed by atoms with Gasteiger partial charge in [0.2, 0.25) is 5.91 Å². The predicted molar refractivity (Wildman–Crippen MR) is 104 cm³/mol. The van der Waals surface area contributed by atoms with Crippen LogP contribution in [0.15, 0.2) is 18.2 Å². The number of thioether (sulfide) groups is 1. The number of halogens is 1. The highest BCUT2D eigenvalue weighted by Crippen LogP contribution is 2.26. The Morgan fingerprint density at radius 1 is 1.43 bits per heavy atom. The van der Waals surface area contributed by atoms with Crippen molar-refractivity contribution in [2.24, 2.45) is 5.92 Å². The average molecular weight is 357 g/mol. The fraction of sp³-hybridized carbons (Fsp3) is 0.611. The number of amides is 1. The van der Waals surface area contributed by atoms with E-state index in [1.807, 2.05) is 23.9 Å². The summed E-state index contributed by atoms with van der Waals surface area (Å²) in [5, 5.41) is 7.17. The van der Waals surface area contributed by atoms with Gasteiger partial charge in [0.1, 0.15) is 0 Å². The first-order valence-corrected chi connectivity index (χ1v) is 9.26. The van der Waals surface area contributed by atoms with E-state index in [1.165, 1.54) is 11.1 Å². The molecule has 2 rings (SSSR count). The molecule has 1 aliphatic heterocycles. The van der Waals surface area contributed by atoms with Crippen LogP contribution in [0.1, 0.15) is 44.7 Å². The van der Waals surface area contributed by atoms with Crippen LogP contribution in [-0.2, 0) is 10.5 Å². The number of benzene rings is 1. The number of piperidine rings is 1. The summed E-state index contributed by atoms with van der Waals surface area (Å²) in [6, 6.07) is 6.65. The van der Waals surface area contributed by atoms with Gasteiger partial charge in [0.05, 0.1) is 0 Å². The Labute approximate surface area is 150 Å². The molecule has 1 saturated heterocycles. The van der Waals surface area contributed by atoms with E-state index >= 15 is 0 Å². The lowest BCUT2D eigenvalue weighted by atomic mass is 9.92. The highest BCUT2D eigenvalue weighted by molar-refractivity contribution is 7.99. The van der Waals surface area contributed by atoms with Crippen LogP contribution in [0.5, 0.6) is 0 Å². The summed E-state index contributed by atoms with van der Waals surface area (Å²) in [7, 11) is 0. The molecule has 1 heterocycles. The number of carbonyl (C=O) groups excluding carboxylic acids is 1. The minimum absolute atomic E-state index is 0. The van der Waals surface area contributed by atoms with Gasteiger partial charge < -0.3 is 10.6 Å². The number of anilines is 1. The first-order valence-electron chi connectivity index (χ1n) is 8.21. The molecule has 0 aliphatic carbocycles. The van der Waals surface area contributed by atoms with Crippen molar-refractivity contribution in [3.63, 3.8) is 0 Å². The van der Waals surface area contributed by atoms with Crippen molar-refractivity contribution in [3.8, 4) is 0 Å². The van der Waals surface area contributed by atoms with Crippen molar-refractivity contribution in [1.82, 2.24) is 5.32 Å². The molecule has 23 heavy (non-hydrogen) atoms. The van der Waals surface area contributed by atoms with Crippen molar-refractivity contribution in [1.29, 1.82) is 0 Å². The lowest BCUT2D eigenvalue weighted by Gasteiger charge is -2.27. The molecule has 1 amide bonds. The lowest BCUT2D eigenvalue weighted by Crippen LogP contribution is -2.40. The molecule has 1 aromatic rings. The smallest absolute Gasteiger partial charge is 0.227 e. The maximum atomic E-state index is 12.5. The Morgan fingerprint density at radius 2 is 2.17 bits per heavy atom. The van der Waals surface area contributed by atoms with Gasteiger partial charge in [0, 0.05) is 23.4 Å². The van der Waals surface area contributed by atoms with Crippen LogP contribution in [0.25, 0.3) is 0 Å². The van der Waals surface area contributed by atoms with Gasteiger partial charge in [-0.25, -0.2) is 0 Å². The molecule has 0 aromatic heterocycles. The van der Waals surface area contributed by atoms with Crippen LogP contribution in [0, 0.1) is 12.8 Å². The molecule has 0 unspecified atom stereocenters. The van der Waals surface area contributed by atoms with Crippen molar-refractivity contribution >= 4 is 35.8 Å². The van der Waals surface area contributed by atoms with Gasteiger partial charge in [-0.3, -0.25) is 4.79 Å². The van der Waals surface area contributed by atoms with Crippen molar-refractivity contribution in [2.75, 3.05) is 11.9 Å². The molecule has 3 nitrogen and oxygen atoms in total. The molecule has 1 fully saturated rings. The predicted octanol–water partition coefficient (Wildman–Crippen LogP) is 4.39. The van der Waals surface area contributed by atoms with Gasteiger partial charge in [0.25, 0.3) is 0 Å². The largest absolute Gasteiger partial charge is 0.326 e. The SMILES string of the molecule is Cc1c(CSC(C)C)cccc1NC(=O)[C@H]1CCN[C@@H](C)C1.Cl. The maximum Gasteiger partial charge on any atom is 0.227 e. The highest BCUT2D eigenvalue weighted by Gasteiger charge is 2.25. The molecule has 2 N–H and O–H groups in total. The third-order valence-electron chi connectivity index (χ3n) is 4.27. The second-order valence-corrected chi connectivity index (χ2v) is 8.08. The number of hydrogen-bond acceptors (Lipinski definition) is 3. The molecular weight excluding hydrogens is 328 g/mol. The molecule has 0 bridgehead atoms. The number of rotatable bonds is 5. The van der Waals surface area contributed by atoms with E-state index in [9.17, 15) is 4.79 Å². The van der Waals surface area contributed by atoms with Crippen molar-refractivity contribution in [2.45, 2.75) is 57.6 Å². The minimum Gasteiger partial charge on any atom is -0.326 e. The zero-order chi connectivity index (χ0) is 16.1. The van der Waals surface area contributed by atoms with Crippen LogP contribution >= 0.6 is 24.2 Å². The zero-order valence-electron chi connectivity index (χ0n) is 14.5. The fourth-order valence-corrected chi connectivity index (χ4v) is 3.66. The molecular formula is C18H29ClN2OS. The summed E-state index contributed by atoms with van der Waals surface area (Å²) in [4.78, 5) is 12.5. The van der Waals surface area contributed by atoms with Gasteiger partial charge in [-0.1, -0.05) is 26.0 Å². The molecule has 1 aromatic carbocycles. The van der Waals surface area contributed by atoms with E-state index in [4.69, 9.17) is 0 Å². The topological polar surface area (TPSA) is 41.1 Å². The Hall–Kier alpha value is -0.710. The molecule has 0 spiro atoms. The van der Waals surface area contributed by atoms with Crippen LogP contribution in [-0.4, -0.2) is 23.7 Å². The average Bonchev–Trinajstić information content (AvgIpc) is 2.48. The lowest BCUT2D eigenvalue weighted by molar-refractivity contribution is -0.120. The molecule has 5 heteroatoms. The second kappa shape index (κ2) is 9.55. The molecule has 130 valence electrons. The van der Waals surface area contributed by atoms with Crippen molar-refractivity contribution in [3.05, 3.63) is 29.3 Å². The van der Waals surface area contributed by atoms with Crippen molar-refractivity contribution < 1.29 is 4.79 Å². The molecule has 1 aliphatic rings. The molecule has 0 radical (unpaired) electrons. The molecule has 2 atom stereocenters. The van der Waals surface area contributed by atoms with Gasteiger partial charge >= 0.3 is 0 Å². The van der Waals surface area contributed by atoms with Gasteiger partial charge in [-0.05, 0) is 55.7 Å². The van der Waals surface area contributed by atoms with Gasteiger partial charge in [0.15, 0.2) is 0 Å². The van der Waals surface area contributed by atoms with Crippen LogP contribution in [0.4, 0.5) is 5.69 Å². The third-order valence-corrected chi connectivity index (χ3v) is 5.41. The quantitative estimate of drug-likeness (QED) is 0.822. The normalized spacial score (nSPS) is 20.9. The first kappa shape index (κ1) is 20.3. The van der Waals surface area contributed by atoms with Crippen LogP contribution in [0.3, 0.4) is 0 Å². The summed E-state index contributed by atoms with van der Waals surface area (Å²) >= 11 is 1.93. The highest BCUT2D eigenvalue weighted by atomic mass is 35.5. The number of carbonyl (C=O) groups is 1. The molecule has 0 saturated carbocycles. The maximum absolute atomic E-state index is 12.5. The van der Waals surface area contributed by atoms with Crippen LogP contribution < -0.4 is 10.6 Å². The van der Waals surface area contributed by atoms with E-state index in [-0.39, 0.29) is 24.2 Å². The Bertz CT molecular complexity index is 522. The van der Waals surface area contributed by atoms with Gasteiger partial charge in [-0.15, -0.1) is 12.4 Å². The van der Waals surface area contributed by atoms with E-state index in [2.05, 4.69) is 44.4 Å². The fourth-order valence-electron chi connectivity index (χ4n) is 2.84. The monoisotopic (exact) mass is 356 g/mol. The standard InChI is InChI=1S/C18H28N2OS.ClH/c1-12(2)22-11-16-6-5-7-17(14(16)4)20-18(21)15-8-9-19-13(3)10-15;/h5-7,12-13,15,19H,8-11H2,1-4H3,(H,20,21);1H/t13-,15-;/m0./s1. The van der Waals surface area contributed by atoms with Crippen LogP contribution in [0.2, 0.25) is 0 Å². The Kier molecular flexibility index (Phi) is 8.45. The summed E-state index contributed by atoms with van der Waals surface area (Å²) in [6.45, 7) is 9.61. The Morgan fingerprint density at radius 3 is 2.83 bits per heavy atom. The Balaban J connectivity index is 0.00000264. The first-order chi connectivity index (χ1) is 10.5. The summed E-state index contributed by atoms with van der Waals surface area (Å²) < 4.78 is 0. The second-order valence-electron chi connectivity index (χ2n) is 6.52. The zero-order valence-corrected chi connectivity index (χ0v) is 16.2.